The smallest absolute Gasteiger partial charge is 0.239 e. The van der Waals surface area contributed by atoms with Crippen LogP contribution >= 0.6 is 27.5 Å². The molecule has 1 rings (SSSR count). The summed E-state index contributed by atoms with van der Waals surface area (Å²) in [6.45, 7) is 3.13. The van der Waals surface area contributed by atoms with E-state index in [-0.39, 0.29) is 12.5 Å². The molecule has 2 N–H and O–H groups in total. The van der Waals surface area contributed by atoms with E-state index in [4.69, 9.17) is 16.3 Å². The number of benzene rings is 1. The molecule has 0 radical (unpaired) electrons. The number of carbonyl (C=O) groups excluding carboxylic acids is 1. The summed E-state index contributed by atoms with van der Waals surface area (Å²) in [6.07, 6.45) is 0. The van der Waals surface area contributed by atoms with Gasteiger partial charge < -0.3 is 15.4 Å². The lowest BCUT2D eigenvalue weighted by Crippen LogP contribution is -2.32. The molecule has 1 amide bonds. The number of halogens is 2. The van der Waals surface area contributed by atoms with Crippen LogP contribution in [0.4, 0.5) is 5.69 Å². The molecule has 6 heteroatoms. The van der Waals surface area contributed by atoms with Crippen molar-refractivity contribution in [2.75, 3.05) is 32.1 Å². The SMILES string of the molecule is COCCNC(=O)CNc1cc(Cl)c(C)cc1Br. The van der Waals surface area contributed by atoms with Crippen LogP contribution in [0.3, 0.4) is 0 Å². The number of amides is 1. The average molecular weight is 336 g/mol. The van der Waals surface area contributed by atoms with Crippen LogP contribution in [0.5, 0.6) is 0 Å². The van der Waals surface area contributed by atoms with E-state index in [1.165, 1.54) is 0 Å². The molecule has 18 heavy (non-hydrogen) atoms. The van der Waals surface area contributed by atoms with Crippen molar-refractivity contribution in [1.29, 1.82) is 0 Å². The van der Waals surface area contributed by atoms with Crippen LogP contribution in [0.15, 0.2) is 16.6 Å². The van der Waals surface area contributed by atoms with E-state index in [0.29, 0.717) is 18.2 Å². The Labute approximate surface area is 120 Å². The van der Waals surface area contributed by atoms with Gasteiger partial charge in [-0.15, -0.1) is 0 Å². The van der Waals surface area contributed by atoms with Crippen LogP contribution in [0, 0.1) is 6.92 Å². The van der Waals surface area contributed by atoms with E-state index in [0.717, 1.165) is 15.7 Å². The number of anilines is 1. The zero-order valence-corrected chi connectivity index (χ0v) is 12.7. The lowest BCUT2D eigenvalue weighted by Gasteiger charge is -2.10. The normalized spacial score (nSPS) is 10.2. The van der Waals surface area contributed by atoms with Crippen LogP contribution in [0.1, 0.15) is 5.56 Å². The minimum absolute atomic E-state index is 0.0874. The van der Waals surface area contributed by atoms with Crippen molar-refractivity contribution >= 4 is 39.1 Å². The average Bonchev–Trinajstić information content (AvgIpc) is 2.32. The Hall–Kier alpha value is -0.780. The number of aryl methyl sites for hydroxylation is 1. The Balaban J connectivity index is 2.48. The largest absolute Gasteiger partial charge is 0.383 e. The maximum Gasteiger partial charge on any atom is 0.239 e. The standard InChI is InChI=1S/C12H16BrClN2O2/c1-8-5-9(13)11(6-10(8)14)16-7-12(17)15-3-4-18-2/h5-6,16H,3-4,7H2,1-2H3,(H,15,17). The second-order valence-corrected chi connectivity index (χ2v) is 5.04. The van der Waals surface area contributed by atoms with Gasteiger partial charge in [0.2, 0.25) is 5.91 Å². The highest BCUT2D eigenvalue weighted by molar-refractivity contribution is 9.10. The summed E-state index contributed by atoms with van der Waals surface area (Å²) >= 11 is 9.45. The quantitative estimate of drug-likeness (QED) is 0.786. The summed E-state index contributed by atoms with van der Waals surface area (Å²) in [6, 6.07) is 3.71. The zero-order valence-electron chi connectivity index (χ0n) is 10.3. The number of ether oxygens (including phenoxy) is 1. The molecule has 0 aliphatic rings. The first-order chi connectivity index (χ1) is 8.54. The Morgan fingerprint density at radius 1 is 1.50 bits per heavy atom. The third-order valence-corrected chi connectivity index (χ3v) is 3.38. The van der Waals surface area contributed by atoms with Gasteiger partial charge in [0.15, 0.2) is 0 Å². The summed E-state index contributed by atoms with van der Waals surface area (Å²) in [5.41, 5.74) is 1.78. The number of rotatable bonds is 6. The fourth-order valence-corrected chi connectivity index (χ4v) is 2.07. The monoisotopic (exact) mass is 334 g/mol. The van der Waals surface area contributed by atoms with Crippen molar-refractivity contribution in [3.8, 4) is 0 Å². The van der Waals surface area contributed by atoms with Gasteiger partial charge in [0.25, 0.3) is 0 Å². The lowest BCUT2D eigenvalue weighted by molar-refractivity contribution is -0.119. The molecule has 0 saturated heterocycles. The molecular weight excluding hydrogens is 320 g/mol. The number of methoxy groups -OCH3 is 1. The van der Waals surface area contributed by atoms with Gasteiger partial charge in [-0.05, 0) is 40.5 Å². The first-order valence-corrected chi connectivity index (χ1v) is 6.67. The van der Waals surface area contributed by atoms with Crippen LogP contribution in [0.25, 0.3) is 0 Å². The van der Waals surface area contributed by atoms with E-state index in [9.17, 15) is 4.79 Å². The second-order valence-electron chi connectivity index (χ2n) is 3.78. The van der Waals surface area contributed by atoms with Gasteiger partial charge in [-0.3, -0.25) is 4.79 Å². The van der Waals surface area contributed by atoms with Crippen molar-refractivity contribution in [2.24, 2.45) is 0 Å². The molecule has 0 spiro atoms. The topological polar surface area (TPSA) is 50.4 Å². The molecular formula is C12H16BrClN2O2. The van der Waals surface area contributed by atoms with Gasteiger partial charge in [0.1, 0.15) is 0 Å². The zero-order chi connectivity index (χ0) is 13.5. The molecule has 0 aliphatic carbocycles. The van der Waals surface area contributed by atoms with Crippen molar-refractivity contribution < 1.29 is 9.53 Å². The number of nitrogens with one attached hydrogen (secondary N) is 2. The second kappa shape index (κ2) is 7.61. The minimum Gasteiger partial charge on any atom is -0.383 e. The fourth-order valence-electron chi connectivity index (χ4n) is 1.31. The highest BCUT2D eigenvalue weighted by Gasteiger charge is 2.06. The molecule has 0 fully saturated rings. The van der Waals surface area contributed by atoms with Crippen molar-refractivity contribution in [3.63, 3.8) is 0 Å². The highest BCUT2D eigenvalue weighted by Crippen LogP contribution is 2.28. The summed E-state index contributed by atoms with van der Waals surface area (Å²) < 4.78 is 5.73. The third-order valence-electron chi connectivity index (χ3n) is 2.32. The van der Waals surface area contributed by atoms with Crippen molar-refractivity contribution in [1.82, 2.24) is 5.32 Å². The van der Waals surface area contributed by atoms with Crippen LogP contribution in [0.2, 0.25) is 5.02 Å². The molecule has 0 atom stereocenters. The van der Waals surface area contributed by atoms with Crippen LogP contribution < -0.4 is 10.6 Å². The van der Waals surface area contributed by atoms with Gasteiger partial charge in [-0.1, -0.05) is 11.6 Å². The fraction of sp³-hybridized carbons (Fsp3) is 0.417. The molecule has 0 aromatic heterocycles. The van der Waals surface area contributed by atoms with E-state index in [2.05, 4.69) is 26.6 Å². The molecule has 0 bridgehead atoms. The third kappa shape index (κ3) is 4.84. The molecule has 0 saturated carbocycles. The first-order valence-electron chi connectivity index (χ1n) is 5.49. The highest BCUT2D eigenvalue weighted by atomic mass is 79.9. The number of carbonyl (C=O) groups is 1. The maximum absolute atomic E-state index is 11.5. The minimum atomic E-state index is -0.0874. The summed E-state index contributed by atoms with van der Waals surface area (Å²) in [5.74, 6) is -0.0874. The predicted molar refractivity (Wildman–Crippen MR) is 77.3 cm³/mol. The molecule has 0 unspecified atom stereocenters. The van der Waals surface area contributed by atoms with Crippen molar-refractivity contribution in [2.45, 2.75) is 6.92 Å². The van der Waals surface area contributed by atoms with Gasteiger partial charge in [0, 0.05) is 23.1 Å². The Morgan fingerprint density at radius 2 is 2.22 bits per heavy atom. The van der Waals surface area contributed by atoms with Crippen LogP contribution in [-0.2, 0) is 9.53 Å². The molecule has 4 nitrogen and oxygen atoms in total. The van der Waals surface area contributed by atoms with Crippen LogP contribution in [-0.4, -0.2) is 32.7 Å². The number of hydrogen-bond donors (Lipinski definition) is 2. The summed E-state index contributed by atoms with van der Waals surface area (Å²) in [5, 5.41) is 6.42. The first kappa shape index (κ1) is 15.3. The molecule has 1 aromatic rings. The number of hydrogen-bond acceptors (Lipinski definition) is 3. The van der Waals surface area contributed by atoms with Crippen molar-refractivity contribution in [3.05, 3.63) is 27.2 Å². The van der Waals surface area contributed by atoms with E-state index >= 15 is 0 Å². The Kier molecular flexibility index (Phi) is 6.46. The Bertz CT molecular complexity index is 427. The van der Waals surface area contributed by atoms with Gasteiger partial charge in [-0.2, -0.15) is 0 Å². The molecule has 0 aliphatic heterocycles. The molecule has 1 aromatic carbocycles. The molecule has 0 heterocycles. The summed E-state index contributed by atoms with van der Waals surface area (Å²) in [4.78, 5) is 11.5. The summed E-state index contributed by atoms with van der Waals surface area (Å²) in [7, 11) is 1.59. The van der Waals surface area contributed by atoms with E-state index in [1.54, 1.807) is 13.2 Å². The Morgan fingerprint density at radius 3 is 2.89 bits per heavy atom. The predicted octanol–water partition coefficient (Wildman–Crippen LogP) is 2.59. The van der Waals surface area contributed by atoms with Gasteiger partial charge in [-0.25, -0.2) is 0 Å². The van der Waals surface area contributed by atoms with E-state index in [1.807, 2.05) is 13.0 Å². The van der Waals surface area contributed by atoms with Gasteiger partial charge >= 0.3 is 0 Å². The lowest BCUT2D eigenvalue weighted by atomic mass is 10.2. The maximum atomic E-state index is 11.5. The van der Waals surface area contributed by atoms with E-state index < -0.39 is 0 Å². The van der Waals surface area contributed by atoms with Gasteiger partial charge in [0.05, 0.1) is 18.8 Å². The molecule has 100 valence electrons.